The fourth-order valence-corrected chi connectivity index (χ4v) is 2.82. The highest BCUT2D eigenvalue weighted by Gasteiger charge is 2.28. The van der Waals surface area contributed by atoms with Crippen molar-refractivity contribution in [3.8, 4) is 0 Å². The molecule has 120 valence electrons. The highest BCUT2D eigenvalue weighted by molar-refractivity contribution is 6.33. The molecule has 1 amide bonds. The van der Waals surface area contributed by atoms with Crippen LogP contribution >= 0.6 is 11.6 Å². The summed E-state index contributed by atoms with van der Waals surface area (Å²) >= 11 is 6.22. The average molecular weight is 325 g/mol. The number of halogens is 1. The van der Waals surface area contributed by atoms with E-state index in [1.54, 1.807) is 18.2 Å². The van der Waals surface area contributed by atoms with Gasteiger partial charge in [0.05, 0.1) is 16.8 Å². The first-order chi connectivity index (χ1) is 10.3. The first-order valence-corrected chi connectivity index (χ1v) is 7.66. The maximum atomic E-state index is 11.8. The molecule has 22 heavy (non-hydrogen) atoms. The smallest absolute Gasteiger partial charge is 0.407 e. The van der Waals surface area contributed by atoms with Gasteiger partial charge in [-0.15, -0.1) is 0 Å². The number of alkyl carbamates (subject to hydrolysis) is 1. The first-order valence-electron chi connectivity index (χ1n) is 7.28. The topological polar surface area (TPSA) is 58.6 Å². The predicted molar refractivity (Wildman–Crippen MR) is 86.8 cm³/mol. The van der Waals surface area contributed by atoms with Gasteiger partial charge in [0.1, 0.15) is 5.60 Å². The van der Waals surface area contributed by atoms with E-state index in [1.807, 2.05) is 25.7 Å². The molecule has 5 nitrogen and oxygen atoms in total. The van der Waals surface area contributed by atoms with Crippen molar-refractivity contribution in [3.05, 3.63) is 28.8 Å². The molecule has 1 atom stereocenters. The molecule has 1 aliphatic heterocycles. The standard InChI is InChI=1S/C16H21ClN2O3/c1-16(2,3)22-15(21)18-12-7-8-19(9-12)14-11(10-20)5-4-6-13(14)17/h4-6,10,12H,7-9H2,1-3H3,(H,18,21). The number of ether oxygens (including phenoxy) is 1. The summed E-state index contributed by atoms with van der Waals surface area (Å²) in [5, 5.41) is 3.40. The first kappa shape index (κ1) is 16.6. The minimum atomic E-state index is -0.518. The third-order valence-corrected chi connectivity index (χ3v) is 3.68. The Bertz CT molecular complexity index is 569. The second kappa shape index (κ2) is 6.57. The zero-order valence-corrected chi connectivity index (χ0v) is 13.8. The molecular formula is C16H21ClN2O3. The van der Waals surface area contributed by atoms with Crippen molar-refractivity contribution >= 4 is 29.7 Å². The number of benzene rings is 1. The van der Waals surface area contributed by atoms with Crippen molar-refractivity contribution in [1.29, 1.82) is 0 Å². The number of anilines is 1. The number of nitrogens with one attached hydrogen (secondary N) is 1. The Morgan fingerprint density at radius 1 is 1.45 bits per heavy atom. The van der Waals surface area contributed by atoms with E-state index in [0.717, 1.165) is 24.9 Å². The Kier molecular flexibility index (Phi) is 4.96. The Morgan fingerprint density at radius 2 is 2.18 bits per heavy atom. The van der Waals surface area contributed by atoms with E-state index in [4.69, 9.17) is 16.3 Å². The van der Waals surface area contributed by atoms with Gasteiger partial charge in [0.2, 0.25) is 0 Å². The summed E-state index contributed by atoms with van der Waals surface area (Å²) in [7, 11) is 0. The summed E-state index contributed by atoms with van der Waals surface area (Å²) in [5.41, 5.74) is 0.772. The molecule has 1 aromatic rings. The van der Waals surface area contributed by atoms with Crippen LogP contribution in [0, 0.1) is 0 Å². The monoisotopic (exact) mass is 324 g/mol. The molecule has 0 bridgehead atoms. The lowest BCUT2D eigenvalue weighted by molar-refractivity contribution is 0.0509. The van der Waals surface area contributed by atoms with Gasteiger partial charge in [-0.05, 0) is 39.3 Å². The Morgan fingerprint density at radius 3 is 2.82 bits per heavy atom. The third-order valence-electron chi connectivity index (χ3n) is 3.37. The van der Waals surface area contributed by atoms with Crippen LogP contribution in [-0.4, -0.2) is 37.1 Å². The van der Waals surface area contributed by atoms with Crippen molar-refractivity contribution in [2.75, 3.05) is 18.0 Å². The van der Waals surface area contributed by atoms with Gasteiger partial charge in [-0.25, -0.2) is 4.79 Å². The number of rotatable bonds is 3. The molecule has 1 N–H and O–H groups in total. The van der Waals surface area contributed by atoms with Crippen molar-refractivity contribution in [3.63, 3.8) is 0 Å². The van der Waals surface area contributed by atoms with Crippen molar-refractivity contribution < 1.29 is 14.3 Å². The van der Waals surface area contributed by atoms with E-state index in [2.05, 4.69) is 5.32 Å². The molecule has 1 aliphatic rings. The maximum Gasteiger partial charge on any atom is 0.407 e. The third kappa shape index (κ3) is 4.13. The highest BCUT2D eigenvalue weighted by Crippen LogP contribution is 2.31. The summed E-state index contributed by atoms with van der Waals surface area (Å²) in [6, 6.07) is 5.23. The predicted octanol–water partition coefficient (Wildman–Crippen LogP) is 3.26. The zero-order valence-electron chi connectivity index (χ0n) is 13.1. The van der Waals surface area contributed by atoms with E-state index in [9.17, 15) is 9.59 Å². The summed E-state index contributed by atoms with van der Waals surface area (Å²) in [6.45, 7) is 6.81. The molecule has 1 unspecified atom stereocenters. The number of para-hydroxylation sites is 1. The molecule has 0 saturated carbocycles. The second-order valence-corrected chi connectivity index (χ2v) is 6.78. The fourth-order valence-electron chi connectivity index (χ4n) is 2.52. The van der Waals surface area contributed by atoms with Gasteiger partial charge in [0.25, 0.3) is 0 Å². The maximum absolute atomic E-state index is 11.8. The Balaban J connectivity index is 2.02. The SMILES string of the molecule is CC(C)(C)OC(=O)NC1CCN(c2c(Cl)cccc2C=O)C1. The van der Waals surface area contributed by atoms with Gasteiger partial charge in [0, 0.05) is 18.7 Å². The molecule has 2 rings (SSSR count). The van der Waals surface area contributed by atoms with E-state index < -0.39 is 11.7 Å². The molecular weight excluding hydrogens is 304 g/mol. The summed E-state index contributed by atoms with van der Waals surface area (Å²) in [5.74, 6) is 0. The van der Waals surface area contributed by atoms with Crippen LogP contribution in [0.5, 0.6) is 0 Å². The molecule has 0 spiro atoms. The van der Waals surface area contributed by atoms with Crippen LogP contribution in [0.15, 0.2) is 18.2 Å². The molecule has 1 fully saturated rings. The summed E-state index contributed by atoms with van der Waals surface area (Å²) in [4.78, 5) is 25.0. The van der Waals surface area contributed by atoms with E-state index in [1.165, 1.54) is 0 Å². The van der Waals surface area contributed by atoms with Crippen LogP contribution in [0.25, 0.3) is 0 Å². The highest BCUT2D eigenvalue weighted by atomic mass is 35.5. The molecule has 0 aliphatic carbocycles. The lowest BCUT2D eigenvalue weighted by atomic mass is 10.2. The zero-order chi connectivity index (χ0) is 16.3. The van der Waals surface area contributed by atoms with Crippen LogP contribution in [0.3, 0.4) is 0 Å². The molecule has 0 radical (unpaired) electrons. The number of carbonyl (C=O) groups excluding carboxylic acids is 2. The quantitative estimate of drug-likeness (QED) is 0.867. The van der Waals surface area contributed by atoms with Gasteiger partial charge >= 0.3 is 6.09 Å². The number of carbonyl (C=O) groups is 2. The van der Waals surface area contributed by atoms with E-state index in [0.29, 0.717) is 17.1 Å². The molecule has 1 heterocycles. The molecule has 0 aromatic heterocycles. The Labute approximate surface area is 135 Å². The number of nitrogens with zero attached hydrogens (tertiary/aromatic N) is 1. The van der Waals surface area contributed by atoms with E-state index in [-0.39, 0.29) is 6.04 Å². The van der Waals surface area contributed by atoms with Crippen molar-refractivity contribution in [2.45, 2.75) is 38.8 Å². The van der Waals surface area contributed by atoms with Gasteiger partial charge in [-0.1, -0.05) is 17.7 Å². The lowest BCUT2D eigenvalue weighted by Crippen LogP contribution is -2.40. The minimum absolute atomic E-state index is 0.0226. The molecule has 1 aromatic carbocycles. The summed E-state index contributed by atoms with van der Waals surface area (Å²) in [6.07, 6.45) is 1.16. The molecule has 6 heteroatoms. The number of amides is 1. The minimum Gasteiger partial charge on any atom is -0.444 e. The van der Waals surface area contributed by atoms with Gasteiger partial charge < -0.3 is 15.0 Å². The normalized spacial score (nSPS) is 18.2. The van der Waals surface area contributed by atoms with Crippen LogP contribution in [-0.2, 0) is 4.74 Å². The van der Waals surface area contributed by atoms with Crippen molar-refractivity contribution in [1.82, 2.24) is 5.32 Å². The van der Waals surface area contributed by atoms with Crippen LogP contribution < -0.4 is 10.2 Å². The number of hydrogen-bond acceptors (Lipinski definition) is 4. The number of aldehydes is 1. The largest absolute Gasteiger partial charge is 0.444 e. The lowest BCUT2D eigenvalue weighted by Gasteiger charge is -2.23. The van der Waals surface area contributed by atoms with Crippen LogP contribution in [0.2, 0.25) is 5.02 Å². The van der Waals surface area contributed by atoms with Gasteiger partial charge in [0.15, 0.2) is 6.29 Å². The molecule has 1 saturated heterocycles. The number of hydrogen-bond donors (Lipinski definition) is 1. The van der Waals surface area contributed by atoms with Crippen molar-refractivity contribution in [2.24, 2.45) is 0 Å². The van der Waals surface area contributed by atoms with Crippen LogP contribution in [0.4, 0.5) is 10.5 Å². The average Bonchev–Trinajstić information content (AvgIpc) is 2.83. The van der Waals surface area contributed by atoms with Crippen LogP contribution in [0.1, 0.15) is 37.6 Å². The van der Waals surface area contributed by atoms with Gasteiger partial charge in [-0.2, -0.15) is 0 Å². The summed E-state index contributed by atoms with van der Waals surface area (Å²) < 4.78 is 5.26. The van der Waals surface area contributed by atoms with E-state index >= 15 is 0 Å². The Hall–Kier alpha value is -1.75. The second-order valence-electron chi connectivity index (χ2n) is 6.37. The fraction of sp³-hybridized carbons (Fsp3) is 0.500. The van der Waals surface area contributed by atoms with Gasteiger partial charge in [-0.3, -0.25) is 4.79 Å².